The minimum absolute atomic E-state index is 0.171. The first-order chi connectivity index (χ1) is 7.94. The molecule has 1 aliphatic carbocycles. The topological polar surface area (TPSA) is 105 Å². The van der Waals surface area contributed by atoms with Crippen molar-refractivity contribution in [3.8, 4) is 0 Å². The zero-order valence-corrected chi connectivity index (χ0v) is 10.2. The Balaban J connectivity index is 2.40. The summed E-state index contributed by atoms with van der Waals surface area (Å²) in [5, 5.41) is 8.74. The van der Waals surface area contributed by atoms with E-state index in [4.69, 9.17) is 9.84 Å². The fourth-order valence-corrected chi connectivity index (χ4v) is 2.50. The Morgan fingerprint density at radius 1 is 1.53 bits per heavy atom. The Labute approximate surface area is 100 Å². The predicted molar refractivity (Wildman–Crippen MR) is 60.6 cm³/mol. The molecule has 0 saturated heterocycles. The summed E-state index contributed by atoms with van der Waals surface area (Å²) in [7, 11) is -2.14. The Hall–Kier alpha value is -0.960. The molecular formula is C9H16N2O5S. The number of aliphatic carboxylic acids is 1. The van der Waals surface area contributed by atoms with Crippen molar-refractivity contribution in [2.75, 3.05) is 20.3 Å². The van der Waals surface area contributed by atoms with E-state index < -0.39 is 28.1 Å². The number of nitrogens with one attached hydrogen (secondary N) is 2. The Morgan fingerprint density at radius 3 is 2.76 bits per heavy atom. The molecule has 2 atom stereocenters. The molecule has 7 nitrogen and oxygen atoms in total. The second kappa shape index (κ2) is 6.10. The van der Waals surface area contributed by atoms with Crippen LogP contribution in [0.15, 0.2) is 12.2 Å². The summed E-state index contributed by atoms with van der Waals surface area (Å²) in [6.07, 6.45) is 3.28. The van der Waals surface area contributed by atoms with Crippen LogP contribution in [-0.4, -0.2) is 45.8 Å². The smallest absolute Gasteiger partial charge is 0.310 e. The van der Waals surface area contributed by atoms with E-state index in [1.54, 1.807) is 6.08 Å². The van der Waals surface area contributed by atoms with Gasteiger partial charge in [-0.3, -0.25) is 4.79 Å². The zero-order valence-electron chi connectivity index (χ0n) is 9.42. The summed E-state index contributed by atoms with van der Waals surface area (Å²) in [6.45, 7) is 0.448. The SMILES string of the molecule is COCCNS(=O)(=O)NC1C=CC(C(=O)O)C1. The standard InChI is InChI=1S/C9H16N2O5S/c1-16-5-4-10-17(14,15)11-8-3-2-7(6-8)9(12)13/h2-3,7-8,10-11H,4-6H2,1H3,(H,12,13). The van der Waals surface area contributed by atoms with Crippen LogP contribution < -0.4 is 9.44 Å². The summed E-state index contributed by atoms with van der Waals surface area (Å²) in [5.41, 5.74) is 0. The molecule has 0 bridgehead atoms. The fraction of sp³-hybridized carbons (Fsp3) is 0.667. The third-order valence-corrected chi connectivity index (χ3v) is 3.50. The van der Waals surface area contributed by atoms with Crippen molar-refractivity contribution in [3.05, 3.63) is 12.2 Å². The van der Waals surface area contributed by atoms with E-state index in [0.717, 1.165) is 0 Å². The Bertz CT molecular complexity index is 392. The number of hydrogen-bond acceptors (Lipinski definition) is 4. The van der Waals surface area contributed by atoms with E-state index in [9.17, 15) is 13.2 Å². The van der Waals surface area contributed by atoms with Gasteiger partial charge < -0.3 is 9.84 Å². The third kappa shape index (κ3) is 4.82. The van der Waals surface area contributed by atoms with Crippen LogP contribution in [-0.2, 0) is 19.7 Å². The van der Waals surface area contributed by atoms with Gasteiger partial charge >= 0.3 is 5.97 Å². The first-order valence-electron chi connectivity index (χ1n) is 5.11. The average Bonchev–Trinajstić information content (AvgIpc) is 2.65. The van der Waals surface area contributed by atoms with Crippen LogP contribution in [0, 0.1) is 5.92 Å². The van der Waals surface area contributed by atoms with Gasteiger partial charge in [0.25, 0.3) is 10.2 Å². The largest absolute Gasteiger partial charge is 0.481 e. The first kappa shape index (κ1) is 14.1. The van der Waals surface area contributed by atoms with Gasteiger partial charge in [0, 0.05) is 19.7 Å². The van der Waals surface area contributed by atoms with Gasteiger partial charge in [-0.05, 0) is 6.42 Å². The quantitative estimate of drug-likeness (QED) is 0.408. The van der Waals surface area contributed by atoms with Crippen molar-refractivity contribution in [2.45, 2.75) is 12.5 Å². The van der Waals surface area contributed by atoms with Crippen molar-refractivity contribution in [2.24, 2.45) is 5.92 Å². The molecule has 0 aromatic carbocycles. The van der Waals surface area contributed by atoms with Gasteiger partial charge in [0.15, 0.2) is 0 Å². The maximum absolute atomic E-state index is 11.5. The highest BCUT2D eigenvalue weighted by molar-refractivity contribution is 7.87. The van der Waals surface area contributed by atoms with E-state index in [1.165, 1.54) is 13.2 Å². The highest BCUT2D eigenvalue weighted by atomic mass is 32.2. The predicted octanol–water partition coefficient (Wildman–Crippen LogP) is -0.914. The lowest BCUT2D eigenvalue weighted by Crippen LogP contribution is -2.42. The molecule has 0 radical (unpaired) electrons. The number of carbonyl (C=O) groups is 1. The van der Waals surface area contributed by atoms with Gasteiger partial charge in [-0.25, -0.2) is 0 Å². The Kier molecular flexibility index (Phi) is 5.06. The molecule has 0 aromatic heterocycles. The number of rotatable bonds is 7. The van der Waals surface area contributed by atoms with Crippen LogP contribution in [0.2, 0.25) is 0 Å². The summed E-state index contributed by atoms with van der Waals surface area (Å²) in [6, 6.07) is -0.476. The summed E-state index contributed by atoms with van der Waals surface area (Å²) in [4.78, 5) is 10.7. The number of methoxy groups -OCH3 is 1. The number of carboxylic acids is 1. The van der Waals surface area contributed by atoms with E-state index >= 15 is 0 Å². The third-order valence-electron chi connectivity index (χ3n) is 2.31. The van der Waals surface area contributed by atoms with Crippen molar-refractivity contribution in [1.29, 1.82) is 0 Å². The molecule has 0 aromatic rings. The van der Waals surface area contributed by atoms with E-state index in [0.29, 0.717) is 0 Å². The second-order valence-corrected chi connectivity index (χ2v) is 5.21. The van der Waals surface area contributed by atoms with Gasteiger partial charge in [0.05, 0.1) is 12.5 Å². The molecule has 3 N–H and O–H groups in total. The van der Waals surface area contributed by atoms with Crippen LogP contribution in [0.3, 0.4) is 0 Å². The lowest BCUT2D eigenvalue weighted by atomic mass is 10.1. The minimum atomic E-state index is -3.61. The molecule has 98 valence electrons. The van der Waals surface area contributed by atoms with Crippen molar-refractivity contribution >= 4 is 16.2 Å². The highest BCUT2D eigenvalue weighted by Crippen LogP contribution is 2.18. The van der Waals surface area contributed by atoms with Gasteiger partial charge in [-0.2, -0.15) is 17.9 Å². The molecule has 0 fully saturated rings. The van der Waals surface area contributed by atoms with Crippen LogP contribution in [0.4, 0.5) is 0 Å². The number of carboxylic acid groups (broad SMARTS) is 1. The molecule has 0 heterocycles. The molecular weight excluding hydrogens is 248 g/mol. The van der Waals surface area contributed by atoms with Gasteiger partial charge in [-0.1, -0.05) is 12.2 Å². The van der Waals surface area contributed by atoms with Crippen LogP contribution in [0.25, 0.3) is 0 Å². The molecule has 1 aliphatic rings. The van der Waals surface area contributed by atoms with E-state index in [-0.39, 0.29) is 19.6 Å². The molecule has 0 amide bonds. The van der Waals surface area contributed by atoms with Crippen molar-refractivity contribution in [1.82, 2.24) is 9.44 Å². The number of ether oxygens (including phenoxy) is 1. The van der Waals surface area contributed by atoms with Gasteiger partial charge in [-0.15, -0.1) is 0 Å². The Morgan fingerprint density at radius 2 is 2.24 bits per heavy atom. The maximum Gasteiger partial charge on any atom is 0.310 e. The molecule has 8 heteroatoms. The lowest BCUT2D eigenvalue weighted by molar-refractivity contribution is -0.140. The van der Waals surface area contributed by atoms with Crippen LogP contribution >= 0.6 is 0 Å². The maximum atomic E-state index is 11.5. The molecule has 2 unspecified atom stereocenters. The second-order valence-electron chi connectivity index (χ2n) is 3.68. The number of hydrogen-bond donors (Lipinski definition) is 3. The van der Waals surface area contributed by atoms with Crippen molar-refractivity contribution < 1.29 is 23.1 Å². The normalized spacial score (nSPS) is 24.1. The summed E-state index contributed by atoms with van der Waals surface area (Å²) in [5.74, 6) is -1.57. The zero-order chi connectivity index (χ0) is 12.9. The van der Waals surface area contributed by atoms with Crippen LogP contribution in [0.5, 0.6) is 0 Å². The molecule has 17 heavy (non-hydrogen) atoms. The van der Waals surface area contributed by atoms with E-state index in [2.05, 4.69) is 9.44 Å². The molecule has 1 rings (SSSR count). The van der Waals surface area contributed by atoms with Crippen molar-refractivity contribution in [3.63, 3.8) is 0 Å². The van der Waals surface area contributed by atoms with Crippen LogP contribution in [0.1, 0.15) is 6.42 Å². The summed E-state index contributed by atoms with van der Waals surface area (Å²) >= 11 is 0. The lowest BCUT2D eigenvalue weighted by Gasteiger charge is -2.13. The minimum Gasteiger partial charge on any atom is -0.481 e. The van der Waals surface area contributed by atoms with E-state index in [1.807, 2.05) is 0 Å². The molecule has 0 spiro atoms. The highest BCUT2D eigenvalue weighted by Gasteiger charge is 2.26. The van der Waals surface area contributed by atoms with Gasteiger partial charge in [0.2, 0.25) is 0 Å². The molecule has 0 saturated carbocycles. The molecule has 0 aliphatic heterocycles. The fourth-order valence-electron chi connectivity index (χ4n) is 1.49. The van der Waals surface area contributed by atoms with Gasteiger partial charge in [0.1, 0.15) is 0 Å². The first-order valence-corrected chi connectivity index (χ1v) is 6.60. The monoisotopic (exact) mass is 264 g/mol. The average molecular weight is 264 g/mol. The summed E-state index contributed by atoms with van der Waals surface area (Å²) < 4.78 is 32.3.